The molecular formula is C12H14N2O2S. The van der Waals surface area contributed by atoms with E-state index in [-0.39, 0.29) is 16.9 Å². The highest BCUT2D eigenvalue weighted by molar-refractivity contribution is 8.00. The number of nitrogens with one attached hydrogen (secondary N) is 1. The van der Waals surface area contributed by atoms with Crippen LogP contribution < -0.4 is 11.1 Å². The van der Waals surface area contributed by atoms with Crippen molar-refractivity contribution in [1.82, 2.24) is 0 Å². The molecule has 0 saturated carbocycles. The van der Waals surface area contributed by atoms with Crippen molar-refractivity contribution in [1.29, 1.82) is 0 Å². The average molecular weight is 250 g/mol. The van der Waals surface area contributed by atoms with Crippen molar-refractivity contribution in [3.8, 4) is 0 Å². The first kappa shape index (κ1) is 12.1. The van der Waals surface area contributed by atoms with E-state index in [1.807, 2.05) is 13.0 Å². The molecule has 0 saturated heterocycles. The Balaban J connectivity index is 2.35. The maximum Gasteiger partial charge on any atom is 0.237 e. The Hall–Kier alpha value is -1.33. The van der Waals surface area contributed by atoms with Gasteiger partial charge in [0.25, 0.3) is 0 Å². The predicted octanol–water partition coefficient (Wildman–Crippen LogP) is 1.65. The molecule has 0 spiro atoms. The summed E-state index contributed by atoms with van der Waals surface area (Å²) in [6.45, 7) is 3.50. The highest BCUT2D eigenvalue weighted by Crippen LogP contribution is 2.35. The SMILES string of the molecule is CC(N)C(=O)c1ccc2c(c1)NC(=O)C(C)S2. The van der Waals surface area contributed by atoms with Crippen LogP contribution in [-0.4, -0.2) is 23.0 Å². The molecule has 5 heteroatoms. The Morgan fingerprint density at radius 2 is 2.24 bits per heavy atom. The molecule has 1 aliphatic heterocycles. The van der Waals surface area contributed by atoms with Crippen molar-refractivity contribution in [2.45, 2.75) is 30.0 Å². The van der Waals surface area contributed by atoms with Crippen molar-refractivity contribution in [2.24, 2.45) is 5.73 Å². The molecule has 3 N–H and O–H groups in total. The zero-order valence-corrected chi connectivity index (χ0v) is 10.5. The van der Waals surface area contributed by atoms with E-state index in [9.17, 15) is 9.59 Å². The lowest BCUT2D eigenvalue weighted by atomic mass is 10.1. The zero-order valence-electron chi connectivity index (χ0n) is 9.69. The number of thioether (sulfide) groups is 1. The molecule has 0 aliphatic carbocycles. The number of anilines is 1. The van der Waals surface area contributed by atoms with Crippen LogP contribution >= 0.6 is 11.8 Å². The van der Waals surface area contributed by atoms with Crippen molar-refractivity contribution >= 4 is 29.1 Å². The molecule has 1 aliphatic rings. The van der Waals surface area contributed by atoms with Gasteiger partial charge in [-0.15, -0.1) is 11.8 Å². The standard InChI is InChI=1S/C12H14N2O2S/c1-6(13)11(15)8-3-4-10-9(5-8)14-12(16)7(2)17-10/h3-7H,13H2,1-2H3,(H,14,16). The van der Waals surface area contributed by atoms with E-state index in [1.54, 1.807) is 19.1 Å². The van der Waals surface area contributed by atoms with Crippen LogP contribution in [0.15, 0.2) is 23.1 Å². The fourth-order valence-electron chi connectivity index (χ4n) is 1.62. The van der Waals surface area contributed by atoms with Gasteiger partial charge in [-0.2, -0.15) is 0 Å². The summed E-state index contributed by atoms with van der Waals surface area (Å²) in [4.78, 5) is 24.2. The van der Waals surface area contributed by atoms with Crippen LogP contribution in [0.5, 0.6) is 0 Å². The zero-order chi connectivity index (χ0) is 12.6. The number of hydrogen-bond acceptors (Lipinski definition) is 4. The van der Waals surface area contributed by atoms with Gasteiger partial charge in [-0.05, 0) is 26.0 Å². The molecule has 0 aromatic heterocycles. The number of carbonyl (C=O) groups excluding carboxylic acids is 2. The van der Waals surface area contributed by atoms with Gasteiger partial charge in [0.2, 0.25) is 5.91 Å². The van der Waals surface area contributed by atoms with Crippen LogP contribution in [0.2, 0.25) is 0 Å². The van der Waals surface area contributed by atoms with E-state index >= 15 is 0 Å². The first-order valence-corrected chi connectivity index (χ1v) is 6.28. The highest BCUT2D eigenvalue weighted by atomic mass is 32.2. The summed E-state index contributed by atoms with van der Waals surface area (Å²) < 4.78 is 0. The summed E-state index contributed by atoms with van der Waals surface area (Å²) in [5.74, 6) is -0.154. The number of benzene rings is 1. The second-order valence-corrected chi connectivity index (χ2v) is 5.50. The summed E-state index contributed by atoms with van der Waals surface area (Å²) in [7, 11) is 0. The quantitative estimate of drug-likeness (QED) is 0.783. The molecule has 1 aromatic carbocycles. The first-order valence-electron chi connectivity index (χ1n) is 5.40. The van der Waals surface area contributed by atoms with Crippen LogP contribution in [0.3, 0.4) is 0 Å². The van der Waals surface area contributed by atoms with Crippen molar-refractivity contribution in [2.75, 3.05) is 5.32 Å². The van der Waals surface area contributed by atoms with Gasteiger partial charge in [0.05, 0.1) is 17.0 Å². The van der Waals surface area contributed by atoms with Gasteiger partial charge in [-0.25, -0.2) is 0 Å². The minimum Gasteiger partial charge on any atom is -0.324 e. The summed E-state index contributed by atoms with van der Waals surface area (Å²) in [6.07, 6.45) is 0. The molecule has 1 amide bonds. The molecule has 0 bridgehead atoms. The third kappa shape index (κ3) is 2.35. The van der Waals surface area contributed by atoms with E-state index in [4.69, 9.17) is 5.73 Å². The van der Waals surface area contributed by atoms with Crippen LogP contribution in [0, 0.1) is 0 Å². The fraction of sp³-hybridized carbons (Fsp3) is 0.333. The lowest BCUT2D eigenvalue weighted by Crippen LogP contribution is -2.28. The summed E-state index contributed by atoms with van der Waals surface area (Å²) in [5.41, 5.74) is 6.79. The van der Waals surface area contributed by atoms with Gasteiger partial charge in [0.1, 0.15) is 0 Å². The molecule has 2 rings (SSSR count). The van der Waals surface area contributed by atoms with E-state index in [0.29, 0.717) is 11.3 Å². The number of ketones is 1. The normalized spacial score (nSPS) is 20.4. The van der Waals surface area contributed by atoms with E-state index < -0.39 is 6.04 Å². The molecule has 0 radical (unpaired) electrons. The fourth-order valence-corrected chi connectivity index (χ4v) is 2.56. The second kappa shape index (κ2) is 4.50. The Kier molecular flexibility index (Phi) is 3.22. The molecule has 1 aromatic rings. The number of carbonyl (C=O) groups is 2. The lowest BCUT2D eigenvalue weighted by Gasteiger charge is -2.21. The molecule has 17 heavy (non-hydrogen) atoms. The van der Waals surface area contributed by atoms with Crippen molar-refractivity contribution in [3.05, 3.63) is 23.8 Å². The van der Waals surface area contributed by atoms with Gasteiger partial charge < -0.3 is 11.1 Å². The Labute approximate surface area is 104 Å². The maximum atomic E-state index is 11.7. The van der Waals surface area contributed by atoms with Crippen LogP contribution in [-0.2, 0) is 4.79 Å². The Morgan fingerprint density at radius 3 is 2.88 bits per heavy atom. The van der Waals surface area contributed by atoms with E-state index in [1.165, 1.54) is 11.8 Å². The number of nitrogens with two attached hydrogens (primary N) is 1. The Bertz CT molecular complexity index is 485. The van der Waals surface area contributed by atoms with Crippen LogP contribution in [0.4, 0.5) is 5.69 Å². The monoisotopic (exact) mass is 250 g/mol. The molecular weight excluding hydrogens is 236 g/mol. The van der Waals surface area contributed by atoms with Crippen LogP contribution in [0.25, 0.3) is 0 Å². The van der Waals surface area contributed by atoms with E-state index in [0.717, 1.165) is 4.90 Å². The van der Waals surface area contributed by atoms with Gasteiger partial charge in [-0.3, -0.25) is 9.59 Å². The second-order valence-electron chi connectivity index (χ2n) is 4.11. The minimum atomic E-state index is -0.529. The largest absolute Gasteiger partial charge is 0.324 e. The summed E-state index contributed by atoms with van der Waals surface area (Å²) in [6, 6.07) is 4.77. The third-order valence-corrected chi connectivity index (χ3v) is 3.79. The first-order chi connectivity index (χ1) is 7.99. The predicted molar refractivity (Wildman–Crippen MR) is 68.4 cm³/mol. The number of amides is 1. The van der Waals surface area contributed by atoms with Crippen molar-refractivity contribution in [3.63, 3.8) is 0 Å². The molecule has 2 atom stereocenters. The molecule has 90 valence electrons. The molecule has 2 unspecified atom stereocenters. The smallest absolute Gasteiger partial charge is 0.237 e. The number of rotatable bonds is 2. The highest BCUT2D eigenvalue weighted by Gasteiger charge is 2.24. The summed E-state index contributed by atoms with van der Waals surface area (Å²) >= 11 is 1.49. The number of fused-ring (bicyclic) bond motifs is 1. The molecule has 0 fully saturated rings. The summed E-state index contributed by atoms with van der Waals surface area (Å²) in [5, 5.41) is 2.69. The van der Waals surface area contributed by atoms with Crippen molar-refractivity contribution < 1.29 is 9.59 Å². The maximum absolute atomic E-state index is 11.7. The third-order valence-electron chi connectivity index (χ3n) is 2.61. The Morgan fingerprint density at radius 1 is 1.53 bits per heavy atom. The van der Waals surface area contributed by atoms with Gasteiger partial charge in [0.15, 0.2) is 5.78 Å². The van der Waals surface area contributed by atoms with Gasteiger partial charge in [0, 0.05) is 10.5 Å². The number of hydrogen-bond donors (Lipinski definition) is 2. The lowest BCUT2D eigenvalue weighted by molar-refractivity contribution is -0.115. The average Bonchev–Trinajstić information content (AvgIpc) is 2.29. The van der Waals surface area contributed by atoms with Gasteiger partial charge in [-0.1, -0.05) is 6.07 Å². The molecule has 4 nitrogen and oxygen atoms in total. The molecule has 1 heterocycles. The minimum absolute atomic E-state index is 0.0344. The van der Waals surface area contributed by atoms with E-state index in [2.05, 4.69) is 5.32 Å². The topological polar surface area (TPSA) is 72.2 Å². The number of Topliss-reactive ketones (excluding diaryl/α,β-unsaturated/α-hetero) is 1. The van der Waals surface area contributed by atoms with Gasteiger partial charge >= 0.3 is 0 Å². The van der Waals surface area contributed by atoms with Crippen LogP contribution in [0.1, 0.15) is 24.2 Å².